The van der Waals surface area contributed by atoms with Crippen LogP contribution in [-0.2, 0) is 22.6 Å². The number of nitrogens with zero attached hydrogens (tertiary/aromatic N) is 1. The Hall–Kier alpha value is -3.54. The summed E-state index contributed by atoms with van der Waals surface area (Å²) in [6.45, 7) is 0.0404. The molecule has 0 atom stereocenters. The fourth-order valence-electron chi connectivity index (χ4n) is 2.71. The Morgan fingerprint density at radius 1 is 1.04 bits per heavy atom. The third kappa shape index (κ3) is 3.84. The number of carbonyl (C=O) groups is 1. The highest BCUT2D eigenvalue weighted by atomic mass is 16.5. The number of carbonyl (C=O) groups excluding carboxylic acids is 1. The Morgan fingerprint density at radius 2 is 1.85 bits per heavy atom. The first-order chi connectivity index (χ1) is 13.2. The van der Waals surface area contributed by atoms with E-state index in [1.54, 1.807) is 25.3 Å². The lowest BCUT2D eigenvalue weighted by Crippen LogP contribution is -2.08. The minimum atomic E-state index is -0.339. The zero-order valence-corrected chi connectivity index (χ0v) is 14.7. The van der Waals surface area contributed by atoms with Crippen LogP contribution >= 0.6 is 0 Å². The third-order valence-corrected chi connectivity index (χ3v) is 4.12. The van der Waals surface area contributed by atoms with E-state index in [2.05, 4.69) is 5.16 Å². The minimum absolute atomic E-state index is 0.0404. The standard InChI is InChI=1S/C21H17NO5/c1-24-17-8-6-14(7-9-17)10-21(23)25-13-16-12-20(27-22-16)19-11-15-4-2-3-5-18(15)26-19/h2-9,11-12H,10,13H2,1H3. The van der Waals surface area contributed by atoms with Gasteiger partial charge in [0.25, 0.3) is 0 Å². The fraction of sp³-hybridized carbons (Fsp3) is 0.143. The summed E-state index contributed by atoms with van der Waals surface area (Å²) in [5, 5.41) is 4.92. The predicted octanol–water partition coefficient (Wildman–Crippen LogP) is 4.38. The number of esters is 1. The van der Waals surface area contributed by atoms with E-state index < -0.39 is 0 Å². The van der Waals surface area contributed by atoms with Gasteiger partial charge in [-0.2, -0.15) is 0 Å². The van der Waals surface area contributed by atoms with Crippen LogP contribution in [0.25, 0.3) is 22.5 Å². The van der Waals surface area contributed by atoms with Gasteiger partial charge in [0.1, 0.15) is 23.6 Å². The zero-order chi connectivity index (χ0) is 18.6. The molecule has 0 amide bonds. The molecule has 2 aromatic heterocycles. The molecule has 27 heavy (non-hydrogen) atoms. The van der Waals surface area contributed by atoms with Gasteiger partial charge in [-0.3, -0.25) is 4.79 Å². The van der Waals surface area contributed by atoms with Gasteiger partial charge in [0.2, 0.25) is 5.76 Å². The largest absolute Gasteiger partial charge is 0.497 e. The first-order valence-electron chi connectivity index (χ1n) is 8.44. The van der Waals surface area contributed by atoms with Crippen molar-refractivity contribution < 1.29 is 23.2 Å². The Labute approximate surface area is 155 Å². The summed E-state index contributed by atoms with van der Waals surface area (Å²) in [5.41, 5.74) is 2.15. The first kappa shape index (κ1) is 16.9. The number of para-hydroxylation sites is 1. The van der Waals surface area contributed by atoms with Crippen molar-refractivity contribution >= 4 is 16.9 Å². The monoisotopic (exact) mass is 363 g/mol. The Morgan fingerprint density at radius 3 is 2.63 bits per heavy atom. The highest BCUT2D eigenvalue weighted by Gasteiger charge is 2.13. The van der Waals surface area contributed by atoms with Gasteiger partial charge in [0.15, 0.2) is 5.76 Å². The van der Waals surface area contributed by atoms with Crippen LogP contribution in [0.4, 0.5) is 0 Å². The maximum atomic E-state index is 12.0. The summed E-state index contributed by atoms with van der Waals surface area (Å²) in [6.07, 6.45) is 0.179. The highest BCUT2D eigenvalue weighted by Crippen LogP contribution is 2.28. The quantitative estimate of drug-likeness (QED) is 0.473. The molecule has 136 valence electrons. The van der Waals surface area contributed by atoms with Gasteiger partial charge < -0.3 is 18.4 Å². The maximum absolute atomic E-state index is 12.0. The summed E-state index contributed by atoms with van der Waals surface area (Å²) in [4.78, 5) is 12.0. The molecule has 0 saturated heterocycles. The molecule has 6 nitrogen and oxygen atoms in total. The van der Waals surface area contributed by atoms with Crippen molar-refractivity contribution in [3.63, 3.8) is 0 Å². The van der Waals surface area contributed by atoms with Gasteiger partial charge in [-0.1, -0.05) is 35.5 Å². The van der Waals surface area contributed by atoms with Crippen molar-refractivity contribution in [2.75, 3.05) is 7.11 Å². The van der Waals surface area contributed by atoms with E-state index in [1.807, 2.05) is 42.5 Å². The molecule has 0 fully saturated rings. The van der Waals surface area contributed by atoms with Gasteiger partial charge in [-0.25, -0.2) is 0 Å². The zero-order valence-electron chi connectivity index (χ0n) is 14.7. The molecule has 0 saturated carbocycles. The Kier molecular flexibility index (Phi) is 4.61. The van der Waals surface area contributed by atoms with E-state index in [0.29, 0.717) is 17.2 Å². The van der Waals surface area contributed by atoms with E-state index in [-0.39, 0.29) is 19.0 Å². The van der Waals surface area contributed by atoms with E-state index in [4.69, 9.17) is 18.4 Å². The van der Waals surface area contributed by atoms with Crippen LogP contribution in [0.1, 0.15) is 11.3 Å². The van der Waals surface area contributed by atoms with E-state index in [9.17, 15) is 4.79 Å². The number of hydrogen-bond donors (Lipinski definition) is 0. The minimum Gasteiger partial charge on any atom is -0.497 e. The molecule has 0 unspecified atom stereocenters. The van der Waals surface area contributed by atoms with Crippen molar-refractivity contribution in [2.24, 2.45) is 0 Å². The molecule has 0 bridgehead atoms. The van der Waals surface area contributed by atoms with Gasteiger partial charge >= 0.3 is 5.97 Å². The number of hydrogen-bond acceptors (Lipinski definition) is 6. The number of aromatic nitrogens is 1. The van der Waals surface area contributed by atoms with Gasteiger partial charge in [0, 0.05) is 11.5 Å². The number of fused-ring (bicyclic) bond motifs is 1. The van der Waals surface area contributed by atoms with Crippen LogP contribution in [0.15, 0.2) is 69.6 Å². The average Bonchev–Trinajstić information content (AvgIpc) is 3.33. The first-order valence-corrected chi connectivity index (χ1v) is 8.44. The molecule has 2 aromatic carbocycles. The molecule has 0 spiro atoms. The van der Waals surface area contributed by atoms with Crippen LogP contribution < -0.4 is 4.74 Å². The summed E-state index contributed by atoms with van der Waals surface area (Å²) in [6, 6.07) is 18.6. The van der Waals surface area contributed by atoms with Crippen LogP contribution in [0, 0.1) is 0 Å². The summed E-state index contributed by atoms with van der Waals surface area (Å²) < 4.78 is 21.4. The number of rotatable bonds is 6. The third-order valence-electron chi connectivity index (χ3n) is 4.12. The predicted molar refractivity (Wildman–Crippen MR) is 98.2 cm³/mol. The van der Waals surface area contributed by atoms with Gasteiger partial charge in [-0.15, -0.1) is 0 Å². The number of furan rings is 1. The van der Waals surface area contributed by atoms with Crippen LogP contribution in [0.3, 0.4) is 0 Å². The molecule has 0 aliphatic carbocycles. The van der Waals surface area contributed by atoms with E-state index >= 15 is 0 Å². The molecular weight excluding hydrogens is 346 g/mol. The second kappa shape index (κ2) is 7.37. The van der Waals surface area contributed by atoms with Crippen molar-refractivity contribution in [1.82, 2.24) is 5.16 Å². The molecule has 2 heterocycles. The topological polar surface area (TPSA) is 74.7 Å². The summed E-state index contributed by atoms with van der Waals surface area (Å²) in [5.74, 6) is 1.48. The molecule has 4 rings (SSSR count). The van der Waals surface area contributed by atoms with Crippen molar-refractivity contribution in [3.05, 3.63) is 71.9 Å². The molecular formula is C21H17NO5. The molecule has 0 aliphatic heterocycles. The number of methoxy groups -OCH3 is 1. The van der Waals surface area contributed by atoms with Gasteiger partial charge in [0.05, 0.1) is 13.5 Å². The smallest absolute Gasteiger partial charge is 0.310 e. The SMILES string of the molecule is COc1ccc(CC(=O)OCc2cc(-c3cc4ccccc4o3)on2)cc1. The lowest BCUT2D eigenvalue weighted by atomic mass is 10.1. The normalized spacial score (nSPS) is 10.9. The Bertz CT molecular complexity index is 1030. The second-order valence-electron chi connectivity index (χ2n) is 6.02. The highest BCUT2D eigenvalue weighted by molar-refractivity contribution is 5.81. The van der Waals surface area contributed by atoms with E-state index in [1.165, 1.54) is 0 Å². The van der Waals surface area contributed by atoms with Crippen molar-refractivity contribution in [3.8, 4) is 17.3 Å². The van der Waals surface area contributed by atoms with Crippen molar-refractivity contribution in [2.45, 2.75) is 13.0 Å². The molecule has 0 N–H and O–H groups in total. The molecule has 0 radical (unpaired) electrons. The second-order valence-corrected chi connectivity index (χ2v) is 6.02. The average molecular weight is 363 g/mol. The van der Waals surface area contributed by atoms with Crippen molar-refractivity contribution in [1.29, 1.82) is 0 Å². The fourth-order valence-corrected chi connectivity index (χ4v) is 2.71. The number of ether oxygens (including phenoxy) is 2. The summed E-state index contributed by atoms with van der Waals surface area (Å²) >= 11 is 0. The molecule has 6 heteroatoms. The lowest BCUT2D eigenvalue weighted by Gasteiger charge is -2.04. The Balaban J connectivity index is 1.36. The molecule has 0 aliphatic rings. The maximum Gasteiger partial charge on any atom is 0.310 e. The molecule has 4 aromatic rings. The number of benzene rings is 2. The van der Waals surface area contributed by atoms with Gasteiger partial charge in [-0.05, 0) is 29.8 Å². The van der Waals surface area contributed by atoms with Crippen LogP contribution in [0.2, 0.25) is 0 Å². The van der Waals surface area contributed by atoms with Crippen LogP contribution in [0.5, 0.6) is 5.75 Å². The lowest BCUT2D eigenvalue weighted by molar-refractivity contribution is -0.144. The van der Waals surface area contributed by atoms with Crippen LogP contribution in [-0.4, -0.2) is 18.2 Å². The summed E-state index contributed by atoms with van der Waals surface area (Å²) in [7, 11) is 1.60. The van der Waals surface area contributed by atoms with E-state index in [0.717, 1.165) is 22.3 Å².